The van der Waals surface area contributed by atoms with Gasteiger partial charge in [-0.05, 0) is 48.9 Å². The fourth-order valence-corrected chi connectivity index (χ4v) is 2.70. The number of Topliss-reactive ketones (excluding diaryl/α,β-unsaturated/α-hetero) is 1. The van der Waals surface area contributed by atoms with Crippen molar-refractivity contribution in [1.29, 1.82) is 0 Å². The van der Waals surface area contributed by atoms with Crippen molar-refractivity contribution < 1.29 is 19.1 Å². The number of hydrogen-bond donors (Lipinski definition) is 0. The van der Waals surface area contributed by atoms with Crippen molar-refractivity contribution in [2.45, 2.75) is 19.9 Å². The quantitative estimate of drug-likeness (QED) is 0.294. The van der Waals surface area contributed by atoms with Crippen LogP contribution in [0.5, 0.6) is 0 Å². The van der Waals surface area contributed by atoms with Crippen LogP contribution in [0.15, 0.2) is 42.6 Å². The fraction of sp³-hybridized carbons (Fsp3) is 0.211. The molecule has 1 aromatic carbocycles. The predicted molar refractivity (Wildman–Crippen MR) is 100 cm³/mol. The summed E-state index contributed by atoms with van der Waals surface area (Å²) in [7, 11) is 0. The van der Waals surface area contributed by atoms with Gasteiger partial charge in [0.2, 0.25) is 5.78 Å². The lowest BCUT2D eigenvalue weighted by atomic mass is 10.2. The van der Waals surface area contributed by atoms with Gasteiger partial charge in [-0.3, -0.25) is 9.59 Å². The molecule has 0 N–H and O–H groups in total. The molecule has 0 fully saturated rings. The zero-order valence-electron chi connectivity index (χ0n) is 14.1. The van der Waals surface area contributed by atoms with Crippen LogP contribution in [0.1, 0.15) is 24.6 Å². The Balaban J connectivity index is 2.03. The molecule has 0 bridgehead atoms. The van der Waals surface area contributed by atoms with E-state index in [0.717, 1.165) is 11.3 Å². The van der Waals surface area contributed by atoms with Gasteiger partial charge in [0.25, 0.3) is 0 Å². The predicted octanol–water partition coefficient (Wildman–Crippen LogP) is 3.95. The Bertz CT molecular complexity index is 855. The molecule has 7 heteroatoms. The molecule has 0 radical (unpaired) electrons. The third-order valence-electron chi connectivity index (χ3n) is 3.50. The monoisotopic (exact) mass is 393 g/mol. The molecule has 26 heavy (non-hydrogen) atoms. The van der Waals surface area contributed by atoms with Gasteiger partial charge in [0, 0.05) is 28.5 Å². The Morgan fingerprint density at radius 3 is 2.65 bits per heavy atom. The van der Waals surface area contributed by atoms with Crippen LogP contribution in [0.3, 0.4) is 0 Å². The number of benzene rings is 1. The smallest absolute Gasteiger partial charge is 0.375 e. The van der Waals surface area contributed by atoms with Gasteiger partial charge in [0.15, 0.2) is 5.78 Å². The van der Waals surface area contributed by atoms with E-state index in [1.165, 1.54) is 6.08 Å². The molecule has 0 aliphatic heterocycles. The van der Waals surface area contributed by atoms with Crippen LogP contribution in [-0.4, -0.2) is 28.7 Å². The second kappa shape index (κ2) is 9.36. The molecule has 0 saturated carbocycles. The molecule has 136 valence electrons. The summed E-state index contributed by atoms with van der Waals surface area (Å²) < 4.78 is 6.46. The van der Waals surface area contributed by atoms with Crippen molar-refractivity contribution in [2.24, 2.45) is 0 Å². The molecular weight excluding hydrogens is 377 g/mol. The second-order valence-corrected chi connectivity index (χ2v) is 6.26. The molecule has 0 aliphatic rings. The van der Waals surface area contributed by atoms with E-state index in [1.54, 1.807) is 25.1 Å². The summed E-state index contributed by atoms with van der Waals surface area (Å²) in [5.74, 6) is -2.32. The van der Waals surface area contributed by atoms with Crippen LogP contribution >= 0.6 is 23.2 Å². The number of aromatic nitrogens is 1. The standard InChI is InChI=1S/C19H17Cl2NO4/c1-2-26-19(25)18(24)11-16(23)8-7-15-4-3-9-22(15)12-13-5-6-14(20)10-17(13)21/h3-10H,2,11-12H2,1H3/b8-7+. The first-order valence-corrected chi connectivity index (χ1v) is 8.66. The number of rotatable bonds is 8. The topological polar surface area (TPSA) is 65.4 Å². The molecule has 0 amide bonds. The lowest BCUT2D eigenvalue weighted by Gasteiger charge is -2.09. The van der Waals surface area contributed by atoms with E-state index in [0.29, 0.717) is 16.6 Å². The van der Waals surface area contributed by atoms with Gasteiger partial charge >= 0.3 is 5.97 Å². The van der Waals surface area contributed by atoms with Crippen molar-refractivity contribution >= 4 is 46.8 Å². The Morgan fingerprint density at radius 1 is 1.19 bits per heavy atom. The maximum atomic E-state index is 11.9. The summed E-state index contributed by atoms with van der Waals surface area (Å²) in [5.41, 5.74) is 1.64. The SMILES string of the molecule is CCOC(=O)C(=O)CC(=O)/C=C/c1cccn1Cc1ccc(Cl)cc1Cl. The largest absolute Gasteiger partial charge is 0.460 e. The summed E-state index contributed by atoms with van der Waals surface area (Å²) in [4.78, 5) is 34.6. The summed E-state index contributed by atoms with van der Waals surface area (Å²) in [6.45, 7) is 2.18. The number of allylic oxidation sites excluding steroid dienone is 1. The van der Waals surface area contributed by atoms with Gasteiger partial charge in [-0.1, -0.05) is 29.3 Å². The minimum absolute atomic E-state index is 0.0926. The van der Waals surface area contributed by atoms with Gasteiger partial charge in [-0.2, -0.15) is 0 Å². The maximum Gasteiger partial charge on any atom is 0.375 e. The Hall–Kier alpha value is -2.37. The van der Waals surface area contributed by atoms with Gasteiger partial charge in [-0.15, -0.1) is 0 Å². The van der Waals surface area contributed by atoms with Crippen molar-refractivity contribution in [1.82, 2.24) is 4.57 Å². The number of esters is 1. The number of hydrogen-bond acceptors (Lipinski definition) is 4. The van der Waals surface area contributed by atoms with E-state index < -0.39 is 24.0 Å². The summed E-state index contributed by atoms with van der Waals surface area (Å²) in [5, 5.41) is 1.11. The van der Waals surface area contributed by atoms with Crippen molar-refractivity contribution in [3.8, 4) is 0 Å². The highest BCUT2D eigenvalue weighted by atomic mass is 35.5. The first-order chi connectivity index (χ1) is 12.4. The van der Waals surface area contributed by atoms with Gasteiger partial charge in [0.05, 0.1) is 13.0 Å². The van der Waals surface area contributed by atoms with Crippen LogP contribution in [0, 0.1) is 0 Å². The Kier molecular flexibility index (Phi) is 7.18. The van der Waals surface area contributed by atoms with E-state index in [1.807, 2.05) is 29.0 Å². The zero-order chi connectivity index (χ0) is 19.1. The average Bonchev–Trinajstić information content (AvgIpc) is 3.03. The summed E-state index contributed by atoms with van der Waals surface area (Å²) >= 11 is 12.1. The van der Waals surface area contributed by atoms with E-state index in [9.17, 15) is 14.4 Å². The molecule has 0 saturated heterocycles. The Morgan fingerprint density at radius 2 is 1.96 bits per heavy atom. The van der Waals surface area contributed by atoms with Crippen molar-refractivity contribution in [2.75, 3.05) is 6.61 Å². The second-order valence-electron chi connectivity index (χ2n) is 5.42. The lowest BCUT2D eigenvalue weighted by Crippen LogP contribution is -2.19. The molecular formula is C19H17Cl2NO4. The van der Waals surface area contributed by atoms with E-state index in [4.69, 9.17) is 23.2 Å². The molecule has 5 nitrogen and oxygen atoms in total. The van der Waals surface area contributed by atoms with Gasteiger partial charge in [-0.25, -0.2) is 4.79 Å². The number of halogens is 2. The molecule has 0 aliphatic carbocycles. The minimum Gasteiger partial charge on any atom is -0.460 e. The van der Waals surface area contributed by atoms with Crippen LogP contribution < -0.4 is 0 Å². The van der Waals surface area contributed by atoms with Gasteiger partial charge in [0.1, 0.15) is 0 Å². The highest BCUT2D eigenvalue weighted by molar-refractivity contribution is 6.37. The number of carbonyl (C=O) groups is 3. The van der Waals surface area contributed by atoms with Crippen LogP contribution in [0.25, 0.3) is 6.08 Å². The van der Waals surface area contributed by atoms with Crippen LogP contribution in [0.4, 0.5) is 0 Å². The third kappa shape index (κ3) is 5.58. The Labute approximate surface area is 161 Å². The third-order valence-corrected chi connectivity index (χ3v) is 4.09. The van der Waals surface area contributed by atoms with Crippen molar-refractivity contribution in [3.63, 3.8) is 0 Å². The van der Waals surface area contributed by atoms with Crippen LogP contribution in [-0.2, 0) is 25.7 Å². The normalized spacial score (nSPS) is 10.9. The molecule has 0 unspecified atom stereocenters. The van der Waals surface area contributed by atoms with Gasteiger partial charge < -0.3 is 9.30 Å². The minimum atomic E-state index is -0.991. The summed E-state index contributed by atoms with van der Waals surface area (Å²) in [6, 6.07) is 8.91. The molecule has 0 spiro atoms. The fourth-order valence-electron chi connectivity index (χ4n) is 2.24. The van der Waals surface area contributed by atoms with Crippen molar-refractivity contribution in [3.05, 3.63) is 63.9 Å². The molecule has 2 rings (SSSR count). The number of ketones is 2. The first-order valence-electron chi connectivity index (χ1n) is 7.90. The van der Waals surface area contributed by atoms with E-state index >= 15 is 0 Å². The molecule has 2 aromatic rings. The number of ether oxygens (including phenoxy) is 1. The highest BCUT2D eigenvalue weighted by Gasteiger charge is 2.17. The van der Waals surface area contributed by atoms with E-state index in [2.05, 4.69) is 4.74 Å². The average molecular weight is 394 g/mol. The van der Waals surface area contributed by atoms with Crippen LogP contribution in [0.2, 0.25) is 10.0 Å². The zero-order valence-corrected chi connectivity index (χ0v) is 15.6. The number of nitrogens with zero attached hydrogens (tertiary/aromatic N) is 1. The molecule has 1 heterocycles. The molecule has 1 aromatic heterocycles. The van der Waals surface area contributed by atoms with E-state index in [-0.39, 0.29) is 6.61 Å². The number of carbonyl (C=O) groups excluding carboxylic acids is 3. The highest BCUT2D eigenvalue weighted by Crippen LogP contribution is 2.22. The molecule has 0 atom stereocenters. The lowest BCUT2D eigenvalue weighted by molar-refractivity contribution is -0.154. The maximum absolute atomic E-state index is 11.9. The summed E-state index contributed by atoms with van der Waals surface area (Å²) in [6.07, 6.45) is 4.19. The first kappa shape index (κ1) is 19.9.